The fourth-order valence-corrected chi connectivity index (χ4v) is 3.78. The third-order valence-corrected chi connectivity index (χ3v) is 5.24. The van der Waals surface area contributed by atoms with Crippen LogP contribution in [0, 0.1) is 0 Å². The van der Waals surface area contributed by atoms with Crippen LogP contribution in [0.15, 0.2) is 6.20 Å². The zero-order valence-electron chi connectivity index (χ0n) is 14.3. The second-order valence-corrected chi connectivity index (χ2v) is 7.17. The van der Waals surface area contributed by atoms with E-state index in [1.54, 1.807) is 0 Å². The summed E-state index contributed by atoms with van der Waals surface area (Å²) in [6.45, 7) is 3.21. The first-order chi connectivity index (χ1) is 11.1. The predicted octanol–water partition coefficient (Wildman–Crippen LogP) is 1.32. The highest BCUT2D eigenvalue weighted by atomic mass is 16.2. The Hall–Kier alpha value is -1.40. The fraction of sp³-hybridized carbons (Fsp3) is 0.765. The van der Waals surface area contributed by atoms with Gasteiger partial charge < -0.3 is 15.2 Å². The normalized spacial score (nSPS) is 23.0. The standard InChI is InChI=1S/C17H29N5O/c1-21-8-7-13(11-21)17-19-10-14(20-17)9-18-16(23)12-22(2)15-5-3-4-6-15/h10,13,15H,3-9,11-12H2,1-2H3,(H,18,23)(H,19,20). The van der Waals surface area contributed by atoms with Crippen LogP contribution in [0.1, 0.15) is 49.5 Å². The number of likely N-dealkylation sites (tertiary alicyclic amines) is 1. The number of hydrogen-bond acceptors (Lipinski definition) is 4. The highest BCUT2D eigenvalue weighted by Crippen LogP contribution is 2.24. The number of carbonyl (C=O) groups excluding carboxylic acids is 1. The molecule has 0 radical (unpaired) electrons. The number of nitrogens with one attached hydrogen (secondary N) is 2. The third-order valence-electron chi connectivity index (χ3n) is 5.24. The molecule has 0 aromatic carbocycles. The van der Waals surface area contributed by atoms with Crippen molar-refractivity contribution in [1.29, 1.82) is 0 Å². The van der Waals surface area contributed by atoms with Gasteiger partial charge >= 0.3 is 0 Å². The van der Waals surface area contributed by atoms with E-state index in [0.717, 1.165) is 31.0 Å². The molecule has 2 N–H and O–H groups in total. The highest BCUT2D eigenvalue weighted by molar-refractivity contribution is 5.77. The number of amides is 1. The molecule has 3 rings (SSSR count). The lowest BCUT2D eigenvalue weighted by Crippen LogP contribution is -2.39. The second kappa shape index (κ2) is 7.45. The van der Waals surface area contributed by atoms with E-state index >= 15 is 0 Å². The first-order valence-corrected chi connectivity index (χ1v) is 8.81. The molecule has 1 aromatic rings. The molecule has 0 bridgehead atoms. The Morgan fingerprint density at radius 2 is 2.22 bits per heavy atom. The summed E-state index contributed by atoms with van der Waals surface area (Å²) >= 11 is 0. The molecular formula is C17H29N5O. The van der Waals surface area contributed by atoms with Crippen molar-refractivity contribution >= 4 is 5.91 Å². The van der Waals surface area contributed by atoms with E-state index in [1.807, 2.05) is 6.20 Å². The summed E-state index contributed by atoms with van der Waals surface area (Å²) in [4.78, 5) is 24.5. The molecule has 1 aromatic heterocycles. The summed E-state index contributed by atoms with van der Waals surface area (Å²) in [5.74, 6) is 1.65. The Kier molecular flexibility index (Phi) is 5.33. The maximum atomic E-state index is 12.1. The summed E-state index contributed by atoms with van der Waals surface area (Å²) < 4.78 is 0. The van der Waals surface area contributed by atoms with Crippen molar-refractivity contribution in [2.75, 3.05) is 33.7 Å². The van der Waals surface area contributed by atoms with Gasteiger partial charge in [0, 0.05) is 18.5 Å². The number of nitrogens with zero attached hydrogens (tertiary/aromatic N) is 3. The van der Waals surface area contributed by atoms with Crippen LogP contribution in [-0.2, 0) is 11.3 Å². The van der Waals surface area contributed by atoms with E-state index in [9.17, 15) is 4.79 Å². The van der Waals surface area contributed by atoms with E-state index in [-0.39, 0.29) is 5.91 Å². The molecule has 2 aliphatic rings. The van der Waals surface area contributed by atoms with Gasteiger partial charge in [0.2, 0.25) is 5.91 Å². The molecule has 23 heavy (non-hydrogen) atoms. The summed E-state index contributed by atoms with van der Waals surface area (Å²) in [5, 5.41) is 3.00. The Labute approximate surface area is 138 Å². The van der Waals surface area contributed by atoms with Gasteiger partial charge in [-0.3, -0.25) is 9.69 Å². The molecule has 1 amide bonds. The van der Waals surface area contributed by atoms with Crippen LogP contribution in [0.2, 0.25) is 0 Å². The lowest BCUT2D eigenvalue weighted by molar-refractivity contribution is -0.122. The molecule has 6 heteroatoms. The SMILES string of the molecule is CN1CCC(c2ncc(CNC(=O)CN(C)C3CCCC3)[nH]2)C1. The van der Waals surface area contributed by atoms with Crippen LogP contribution in [0.25, 0.3) is 0 Å². The van der Waals surface area contributed by atoms with Crippen molar-refractivity contribution in [2.45, 2.75) is 50.6 Å². The lowest BCUT2D eigenvalue weighted by atomic mass is 10.1. The molecule has 1 aliphatic carbocycles. The Bertz CT molecular complexity index is 523. The summed E-state index contributed by atoms with van der Waals surface area (Å²) in [5.41, 5.74) is 0.992. The van der Waals surface area contributed by atoms with E-state index in [0.29, 0.717) is 25.0 Å². The summed E-state index contributed by atoms with van der Waals surface area (Å²) in [6.07, 6.45) is 8.05. The number of aromatic amines is 1. The molecule has 128 valence electrons. The lowest BCUT2D eigenvalue weighted by Gasteiger charge is -2.23. The predicted molar refractivity (Wildman–Crippen MR) is 90.2 cm³/mol. The number of hydrogen-bond donors (Lipinski definition) is 2. The van der Waals surface area contributed by atoms with Gasteiger partial charge in [-0.25, -0.2) is 4.98 Å². The maximum absolute atomic E-state index is 12.1. The zero-order valence-corrected chi connectivity index (χ0v) is 14.3. The first-order valence-electron chi connectivity index (χ1n) is 8.81. The molecule has 0 spiro atoms. The Balaban J connectivity index is 1.43. The van der Waals surface area contributed by atoms with Crippen LogP contribution in [0.5, 0.6) is 0 Å². The van der Waals surface area contributed by atoms with Crippen LogP contribution in [0.4, 0.5) is 0 Å². The van der Waals surface area contributed by atoms with Crippen LogP contribution >= 0.6 is 0 Å². The molecular weight excluding hydrogens is 290 g/mol. The number of carbonyl (C=O) groups is 1. The quantitative estimate of drug-likeness (QED) is 0.830. The topological polar surface area (TPSA) is 64.3 Å². The largest absolute Gasteiger partial charge is 0.349 e. The monoisotopic (exact) mass is 319 g/mol. The zero-order chi connectivity index (χ0) is 16.2. The summed E-state index contributed by atoms with van der Waals surface area (Å²) in [7, 11) is 4.20. The number of imidazole rings is 1. The minimum atomic E-state index is 0.0937. The Morgan fingerprint density at radius 1 is 1.43 bits per heavy atom. The average molecular weight is 319 g/mol. The van der Waals surface area contributed by atoms with Gasteiger partial charge in [0.05, 0.1) is 25.0 Å². The Morgan fingerprint density at radius 3 is 2.91 bits per heavy atom. The van der Waals surface area contributed by atoms with Crippen molar-refractivity contribution in [3.05, 3.63) is 17.7 Å². The minimum Gasteiger partial charge on any atom is -0.349 e. The second-order valence-electron chi connectivity index (χ2n) is 7.17. The van der Waals surface area contributed by atoms with Gasteiger partial charge in [-0.2, -0.15) is 0 Å². The van der Waals surface area contributed by atoms with Crippen molar-refractivity contribution in [3.63, 3.8) is 0 Å². The number of aromatic nitrogens is 2. The molecule has 2 heterocycles. The van der Waals surface area contributed by atoms with E-state index < -0.39 is 0 Å². The molecule has 1 saturated carbocycles. The highest BCUT2D eigenvalue weighted by Gasteiger charge is 2.24. The van der Waals surface area contributed by atoms with Crippen LogP contribution < -0.4 is 5.32 Å². The van der Waals surface area contributed by atoms with Gasteiger partial charge in [0.25, 0.3) is 0 Å². The van der Waals surface area contributed by atoms with E-state index in [1.165, 1.54) is 25.7 Å². The van der Waals surface area contributed by atoms with E-state index in [2.05, 4.69) is 39.2 Å². The van der Waals surface area contributed by atoms with Crippen molar-refractivity contribution in [1.82, 2.24) is 25.1 Å². The molecule has 1 aliphatic heterocycles. The van der Waals surface area contributed by atoms with Gasteiger partial charge in [0.15, 0.2) is 0 Å². The molecule has 1 unspecified atom stereocenters. The van der Waals surface area contributed by atoms with Gasteiger partial charge in [0.1, 0.15) is 5.82 Å². The third kappa shape index (κ3) is 4.32. The van der Waals surface area contributed by atoms with Crippen LogP contribution in [0.3, 0.4) is 0 Å². The van der Waals surface area contributed by atoms with Crippen LogP contribution in [-0.4, -0.2) is 65.4 Å². The first kappa shape index (κ1) is 16.5. The van der Waals surface area contributed by atoms with Crippen molar-refractivity contribution < 1.29 is 4.79 Å². The molecule has 1 atom stereocenters. The van der Waals surface area contributed by atoms with Crippen molar-refractivity contribution in [2.24, 2.45) is 0 Å². The summed E-state index contributed by atoms with van der Waals surface area (Å²) in [6, 6.07) is 0.582. The van der Waals surface area contributed by atoms with Gasteiger partial charge in [-0.15, -0.1) is 0 Å². The number of rotatable bonds is 6. The van der Waals surface area contributed by atoms with Crippen molar-refractivity contribution in [3.8, 4) is 0 Å². The molecule has 2 fully saturated rings. The average Bonchev–Trinajstić information content (AvgIpc) is 3.26. The maximum Gasteiger partial charge on any atom is 0.234 e. The number of likely N-dealkylation sites (N-methyl/N-ethyl adjacent to an activating group) is 2. The number of H-pyrrole nitrogens is 1. The minimum absolute atomic E-state index is 0.0937. The fourth-order valence-electron chi connectivity index (χ4n) is 3.78. The smallest absolute Gasteiger partial charge is 0.234 e. The van der Waals surface area contributed by atoms with E-state index in [4.69, 9.17) is 0 Å². The molecule has 1 saturated heterocycles. The van der Waals surface area contributed by atoms with Gasteiger partial charge in [-0.1, -0.05) is 12.8 Å². The van der Waals surface area contributed by atoms with Gasteiger partial charge in [-0.05, 0) is 39.9 Å². The molecule has 6 nitrogen and oxygen atoms in total.